The Bertz CT molecular complexity index is 1130. The number of rotatable bonds is 8. The first kappa shape index (κ1) is 21.3. The number of aliphatic hydroxyl groups is 1. The van der Waals surface area contributed by atoms with Crippen molar-refractivity contribution in [2.75, 3.05) is 13.2 Å². The van der Waals surface area contributed by atoms with E-state index in [9.17, 15) is 14.7 Å². The van der Waals surface area contributed by atoms with Gasteiger partial charge in [-0.2, -0.15) is 0 Å². The van der Waals surface area contributed by atoms with Crippen LogP contribution >= 0.6 is 0 Å². The highest BCUT2D eigenvalue weighted by atomic mass is 16.5. The van der Waals surface area contributed by atoms with Crippen molar-refractivity contribution in [2.45, 2.75) is 25.9 Å². The summed E-state index contributed by atoms with van der Waals surface area (Å²) in [6.07, 6.45) is 9.11. The minimum atomic E-state index is -0.720. The molecule has 2 aromatic heterocycles. The molecule has 1 atom stereocenters. The first-order valence-electron chi connectivity index (χ1n) is 10.5. The summed E-state index contributed by atoms with van der Waals surface area (Å²) in [5.41, 5.74) is 1.14. The second kappa shape index (κ2) is 9.47. The number of hydrogen-bond donors (Lipinski definition) is 1. The fourth-order valence-corrected chi connectivity index (χ4v) is 3.89. The van der Waals surface area contributed by atoms with Crippen LogP contribution in [-0.2, 0) is 16.1 Å². The zero-order valence-corrected chi connectivity index (χ0v) is 17.7. The Morgan fingerprint density at radius 2 is 2.00 bits per heavy atom. The first-order chi connectivity index (χ1) is 15.6. The number of carbonyl (C=O) groups excluding carboxylic acids is 2. The molecule has 1 aromatic carbocycles. The molecule has 1 unspecified atom stereocenters. The lowest BCUT2D eigenvalue weighted by Gasteiger charge is -2.25. The van der Waals surface area contributed by atoms with Crippen molar-refractivity contribution in [2.24, 2.45) is 0 Å². The predicted octanol–water partition coefficient (Wildman–Crippen LogP) is 3.19. The van der Waals surface area contributed by atoms with Gasteiger partial charge in [-0.1, -0.05) is 18.2 Å². The third-order valence-corrected chi connectivity index (χ3v) is 5.33. The first-order valence-corrected chi connectivity index (χ1v) is 10.5. The molecule has 1 aliphatic heterocycles. The highest BCUT2D eigenvalue weighted by Gasteiger charge is 2.45. The summed E-state index contributed by atoms with van der Waals surface area (Å²) >= 11 is 0. The van der Waals surface area contributed by atoms with Gasteiger partial charge in [0.15, 0.2) is 0 Å². The van der Waals surface area contributed by atoms with Crippen molar-refractivity contribution in [1.29, 1.82) is 0 Å². The number of hydrogen-bond acceptors (Lipinski definition) is 6. The van der Waals surface area contributed by atoms with Crippen molar-refractivity contribution in [3.8, 4) is 5.75 Å². The van der Waals surface area contributed by atoms with Crippen molar-refractivity contribution < 1.29 is 19.4 Å². The van der Waals surface area contributed by atoms with E-state index < -0.39 is 17.7 Å². The van der Waals surface area contributed by atoms with Crippen molar-refractivity contribution in [1.82, 2.24) is 19.4 Å². The number of Topliss-reactive ketones (excluding diaryl/α,β-unsaturated/α-hetero) is 1. The van der Waals surface area contributed by atoms with E-state index in [2.05, 4.69) is 9.97 Å². The van der Waals surface area contributed by atoms with E-state index in [1.165, 1.54) is 4.90 Å². The third kappa shape index (κ3) is 4.25. The number of benzene rings is 1. The van der Waals surface area contributed by atoms with Gasteiger partial charge in [0.2, 0.25) is 0 Å². The maximum Gasteiger partial charge on any atom is 0.295 e. The summed E-state index contributed by atoms with van der Waals surface area (Å²) in [6.45, 7) is 3.34. The fourth-order valence-electron chi connectivity index (χ4n) is 3.89. The van der Waals surface area contributed by atoms with Gasteiger partial charge in [0.05, 0.1) is 24.5 Å². The number of pyridine rings is 1. The monoisotopic (exact) mass is 432 g/mol. The SMILES string of the molecule is CCOc1cccc(/C(O)=C2/C(=O)C(=O)N(CCCn3ccnc3)C2c2cccnc2)c1. The zero-order valence-electron chi connectivity index (χ0n) is 17.7. The standard InChI is InChI=1S/C24H24N4O4/c1-2-32-19-8-3-6-17(14-19)22(29)20-21(18-7-4-9-25-15-18)28(24(31)23(20)30)12-5-11-27-13-10-26-16-27/h3-4,6-10,13-16,21,29H,2,5,11-12H2,1H3/b22-20-. The fraction of sp³-hybridized carbons (Fsp3) is 0.250. The summed E-state index contributed by atoms with van der Waals surface area (Å²) in [5, 5.41) is 11.1. The maximum absolute atomic E-state index is 13.0. The van der Waals surface area contributed by atoms with Crippen molar-refractivity contribution >= 4 is 17.4 Å². The lowest BCUT2D eigenvalue weighted by molar-refractivity contribution is -0.139. The van der Waals surface area contributed by atoms with Gasteiger partial charge in [0.25, 0.3) is 11.7 Å². The Balaban J connectivity index is 1.71. The van der Waals surface area contributed by atoms with E-state index in [0.717, 1.165) is 0 Å². The van der Waals surface area contributed by atoms with E-state index in [4.69, 9.17) is 4.74 Å². The zero-order chi connectivity index (χ0) is 22.5. The average Bonchev–Trinajstić information content (AvgIpc) is 3.42. The largest absolute Gasteiger partial charge is 0.507 e. The van der Waals surface area contributed by atoms with Crippen LogP contribution in [0.25, 0.3) is 5.76 Å². The van der Waals surface area contributed by atoms with Gasteiger partial charge in [-0.3, -0.25) is 14.6 Å². The van der Waals surface area contributed by atoms with E-state index in [0.29, 0.717) is 43.0 Å². The van der Waals surface area contributed by atoms with Crippen LogP contribution in [0.4, 0.5) is 0 Å². The molecule has 1 fully saturated rings. The predicted molar refractivity (Wildman–Crippen MR) is 118 cm³/mol. The molecule has 0 aliphatic carbocycles. The molecule has 0 saturated carbocycles. The van der Waals surface area contributed by atoms with E-state index >= 15 is 0 Å². The summed E-state index contributed by atoms with van der Waals surface area (Å²) in [7, 11) is 0. The second-order valence-corrected chi connectivity index (χ2v) is 7.39. The Hall–Kier alpha value is -3.94. The van der Waals surface area contributed by atoms with Gasteiger partial charge in [-0.25, -0.2) is 4.98 Å². The maximum atomic E-state index is 13.0. The van der Waals surface area contributed by atoms with E-state index in [-0.39, 0.29) is 11.3 Å². The van der Waals surface area contributed by atoms with Crippen LogP contribution in [0.3, 0.4) is 0 Å². The molecule has 8 nitrogen and oxygen atoms in total. The molecule has 1 N–H and O–H groups in total. The molecule has 1 aliphatic rings. The van der Waals surface area contributed by atoms with Crippen LogP contribution in [0.5, 0.6) is 5.75 Å². The van der Waals surface area contributed by atoms with Gasteiger partial charge < -0.3 is 19.3 Å². The third-order valence-electron chi connectivity index (χ3n) is 5.33. The number of amides is 1. The molecule has 32 heavy (non-hydrogen) atoms. The van der Waals surface area contributed by atoms with Gasteiger partial charge >= 0.3 is 0 Å². The van der Waals surface area contributed by atoms with Crippen molar-refractivity contribution in [3.63, 3.8) is 0 Å². The normalized spacial score (nSPS) is 17.7. The molecule has 164 valence electrons. The minimum Gasteiger partial charge on any atom is -0.507 e. The molecular formula is C24H24N4O4. The number of ketones is 1. The van der Waals surface area contributed by atoms with Crippen LogP contribution in [0.1, 0.15) is 30.5 Å². The number of ether oxygens (including phenoxy) is 1. The molecular weight excluding hydrogens is 408 g/mol. The minimum absolute atomic E-state index is 0.0549. The number of aromatic nitrogens is 3. The van der Waals surface area contributed by atoms with E-state index in [1.54, 1.807) is 61.3 Å². The van der Waals surface area contributed by atoms with Crippen LogP contribution in [0, 0.1) is 0 Å². The number of imidazole rings is 1. The lowest BCUT2D eigenvalue weighted by Crippen LogP contribution is -2.31. The number of aliphatic hydroxyl groups excluding tert-OH is 1. The number of likely N-dealkylation sites (tertiary alicyclic amines) is 1. The highest BCUT2D eigenvalue weighted by molar-refractivity contribution is 6.46. The van der Waals surface area contributed by atoms with Crippen LogP contribution in [0.15, 0.2) is 73.1 Å². The van der Waals surface area contributed by atoms with Gasteiger partial charge in [0, 0.05) is 43.4 Å². The molecule has 1 amide bonds. The van der Waals surface area contributed by atoms with Crippen LogP contribution in [0.2, 0.25) is 0 Å². The summed E-state index contributed by atoms with van der Waals surface area (Å²) in [4.78, 5) is 35.7. The molecule has 8 heteroatoms. The average molecular weight is 432 g/mol. The molecule has 1 saturated heterocycles. The summed E-state index contributed by atoms with van der Waals surface area (Å²) in [5.74, 6) is -0.993. The number of aryl methyl sites for hydroxylation is 1. The molecule has 3 heterocycles. The molecule has 0 spiro atoms. The van der Waals surface area contributed by atoms with Gasteiger partial charge in [-0.05, 0) is 37.1 Å². The Labute approximate surface area is 185 Å². The number of carbonyl (C=O) groups is 2. The van der Waals surface area contributed by atoms with Gasteiger partial charge in [0.1, 0.15) is 11.5 Å². The highest BCUT2D eigenvalue weighted by Crippen LogP contribution is 2.39. The second-order valence-electron chi connectivity index (χ2n) is 7.39. The van der Waals surface area contributed by atoms with Crippen LogP contribution < -0.4 is 4.74 Å². The molecule has 3 aromatic rings. The summed E-state index contributed by atoms with van der Waals surface area (Å²) in [6, 6.07) is 9.68. The van der Waals surface area contributed by atoms with Crippen molar-refractivity contribution in [3.05, 3.63) is 84.2 Å². The van der Waals surface area contributed by atoms with E-state index in [1.807, 2.05) is 17.7 Å². The smallest absolute Gasteiger partial charge is 0.295 e. The summed E-state index contributed by atoms with van der Waals surface area (Å²) < 4.78 is 7.43. The van der Waals surface area contributed by atoms with Gasteiger partial charge in [-0.15, -0.1) is 0 Å². The molecule has 0 bridgehead atoms. The topological polar surface area (TPSA) is 97.6 Å². The molecule has 0 radical (unpaired) electrons. The Kier molecular flexibility index (Phi) is 6.30. The molecule has 4 rings (SSSR count). The lowest BCUT2D eigenvalue weighted by atomic mass is 9.96. The van der Waals surface area contributed by atoms with Crippen LogP contribution in [-0.4, -0.2) is 49.4 Å². The number of nitrogens with zero attached hydrogens (tertiary/aromatic N) is 4. The Morgan fingerprint density at radius 3 is 2.72 bits per heavy atom. The Morgan fingerprint density at radius 1 is 1.12 bits per heavy atom. The quantitative estimate of drug-likeness (QED) is 0.334.